The number of fused-ring (bicyclic) bond motifs is 9. The van der Waals surface area contributed by atoms with Crippen molar-refractivity contribution in [3.8, 4) is 28.5 Å². The van der Waals surface area contributed by atoms with E-state index in [4.69, 9.17) is 18.8 Å². The maximum atomic E-state index is 6.46. The summed E-state index contributed by atoms with van der Waals surface area (Å²) in [5.41, 5.74) is 9.04. The molecule has 0 bridgehead atoms. The Hall–Kier alpha value is -6.20. The lowest BCUT2D eigenvalue weighted by Gasteiger charge is -2.12. The Morgan fingerprint density at radius 1 is 0.422 bits per heavy atom. The fourth-order valence-electron chi connectivity index (χ4n) is 6.78. The minimum atomic E-state index is 0.595. The zero-order valence-electron chi connectivity index (χ0n) is 23.9. The van der Waals surface area contributed by atoms with E-state index in [1.165, 1.54) is 0 Å². The van der Waals surface area contributed by atoms with Crippen molar-refractivity contribution in [1.82, 2.24) is 14.5 Å². The molecule has 0 fully saturated rings. The smallest absolute Gasteiger partial charge is 0.235 e. The fraction of sp³-hybridized carbons (Fsp3) is 0. The SMILES string of the molecule is c1ccc(-c2cc(-c3cccc4c3oc3ccccc34)nc(-n3c4ccccc4c4cc5oc6ccccc6c5cc43)n2)cc1. The van der Waals surface area contributed by atoms with Crippen LogP contribution in [0.2, 0.25) is 0 Å². The van der Waals surface area contributed by atoms with E-state index in [0.717, 1.165) is 88.2 Å². The van der Waals surface area contributed by atoms with Gasteiger partial charge < -0.3 is 8.83 Å². The molecule has 5 nitrogen and oxygen atoms in total. The Balaban J connectivity index is 1.31. The molecular formula is C40H23N3O2. The van der Waals surface area contributed by atoms with Crippen molar-refractivity contribution in [2.45, 2.75) is 0 Å². The summed E-state index contributed by atoms with van der Waals surface area (Å²) in [6.07, 6.45) is 0. The summed E-state index contributed by atoms with van der Waals surface area (Å²) in [6, 6.07) is 47.7. The van der Waals surface area contributed by atoms with Gasteiger partial charge in [-0.2, -0.15) is 0 Å². The standard InChI is InChI=1S/C40H23N3O2/c1-2-11-24(12-3-1)32-23-33(29-17-10-16-28-26-14-5-9-20-37(26)45-39(28)29)42-40(41-32)43-34-18-7-4-13-25(34)30-22-38-31(21-35(30)43)27-15-6-8-19-36(27)44-38/h1-23H. The zero-order chi connectivity index (χ0) is 29.5. The molecule has 0 spiro atoms. The maximum absolute atomic E-state index is 6.46. The fourth-order valence-corrected chi connectivity index (χ4v) is 6.78. The molecular weight excluding hydrogens is 554 g/mol. The number of nitrogens with zero attached hydrogens (tertiary/aromatic N) is 3. The van der Waals surface area contributed by atoms with Gasteiger partial charge in [-0.25, -0.2) is 9.97 Å². The molecule has 0 aliphatic heterocycles. The molecule has 0 unspecified atom stereocenters. The van der Waals surface area contributed by atoms with Crippen LogP contribution in [0.5, 0.6) is 0 Å². The Morgan fingerprint density at radius 2 is 1.09 bits per heavy atom. The first kappa shape index (κ1) is 24.3. The molecule has 0 saturated carbocycles. The van der Waals surface area contributed by atoms with Gasteiger partial charge in [0, 0.05) is 43.4 Å². The van der Waals surface area contributed by atoms with Crippen LogP contribution < -0.4 is 0 Å². The molecule has 0 amide bonds. The second-order valence-electron chi connectivity index (χ2n) is 11.4. The molecule has 0 radical (unpaired) electrons. The molecule has 10 aromatic rings. The van der Waals surface area contributed by atoms with E-state index in [9.17, 15) is 0 Å². The molecule has 0 aliphatic rings. The molecule has 0 atom stereocenters. The van der Waals surface area contributed by atoms with Gasteiger partial charge in [0.2, 0.25) is 5.95 Å². The normalized spacial score (nSPS) is 12.0. The van der Waals surface area contributed by atoms with Gasteiger partial charge in [0.25, 0.3) is 0 Å². The quantitative estimate of drug-likeness (QED) is 0.210. The average molecular weight is 578 g/mol. The van der Waals surface area contributed by atoms with Gasteiger partial charge in [-0.15, -0.1) is 0 Å². The molecule has 0 saturated heterocycles. The molecule has 0 N–H and O–H groups in total. The molecule has 210 valence electrons. The number of rotatable bonds is 3. The van der Waals surface area contributed by atoms with Crippen LogP contribution in [0.1, 0.15) is 0 Å². The summed E-state index contributed by atoms with van der Waals surface area (Å²) in [6.45, 7) is 0. The number of hydrogen-bond acceptors (Lipinski definition) is 4. The lowest BCUT2D eigenvalue weighted by atomic mass is 10.0. The molecule has 45 heavy (non-hydrogen) atoms. The average Bonchev–Trinajstić information content (AvgIpc) is 3.76. The van der Waals surface area contributed by atoms with E-state index < -0.39 is 0 Å². The number of para-hydroxylation sites is 4. The Kier molecular flexibility index (Phi) is 4.93. The van der Waals surface area contributed by atoms with Gasteiger partial charge in [0.05, 0.1) is 22.4 Å². The van der Waals surface area contributed by atoms with E-state index in [-0.39, 0.29) is 0 Å². The largest absolute Gasteiger partial charge is 0.456 e. The number of furan rings is 2. The third kappa shape index (κ3) is 3.55. The predicted molar refractivity (Wildman–Crippen MR) is 182 cm³/mol. The van der Waals surface area contributed by atoms with Crippen LogP contribution in [0.15, 0.2) is 148 Å². The monoisotopic (exact) mass is 577 g/mol. The van der Waals surface area contributed by atoms with Gasteiger partial charge in [0.15, 0.2) is 0 Å². The van der Waals surface area contributed by atoms with Crippen molar-refractivity contribution < 1.29 is 8.83 Å². The molecule has 5 heteroatoms. The van der Waals surface area contributed by atoms with Gasteiger partial charge in [-0.1, -0.05) is 97.1 Å². The van der Waals surface area contributed by atoms with Gasteiger partial charge in [-0.3, -0.25) is 4.57 Å². The van der Waals surface area contributed by atoms with Crippen LogP contribution in [-0.4, -0.2) is 14.5 Å². The second kappa shape index (κ2) is 9.15. The lowest BCUT2D eigenvalue weighted by Crippen LogP contribution is -2.04. The molecule has 6 aromatic carbocycles. The summed E-state index contributed by atoms with van der Waals surface area (Å²) < 4.78 is 14.9. The molecule has 4 aromatic heterocycles. The van der Waals surface area contributed by atoms with Crippen molar-refractivity contribution >= 4 is 65.7 Å². The predicted octanol–water partition coefficient (Wildman–Crippen LogP) is 10.7. The van der Waals surface area contributed by atoms with Crippen LogP contribution in [0.4, 0.5) is 0 Å². The highest BCUT2D eigenvalue weighted by Crippen LogP contribution is 2.40. The summed E-state index contributed by atoms with van der Waals surface area (Å²) in [5.74, 6) is 0.595. The number of benzene rings is 6. The van der Waals surface area contributed by atoms with E-state index in [1.807, 2.05) is 48.5 Å². The van der Waals surface area contributed by atoms with Crippen LogP contribution in [-0.2, 0) is 0 Å². The topological polar surface area (TPSA) is 57.0 Å². The van der Waals surface area contributed by atoms with Crippen molar-refractivity contribution in [1.29, 1.82) is 0 Å². The second-order valence-corrected chi connectivity index (χ2v) is 11.4. The summed E-state index contributed by atoms with van der Waals surface area (Å²) in [5, 5.41) is 6.51. The minimum absolute atomic E-state index is 0.595. The van der Waals surface area contributed by atoms with Gasteiger partial charge >= 0.3 is 0 Å². The Labute approximate surface area is 256 Å². The summed E-state index contributed by atoms with van der Waals surface area (Å²) in [7, 11) is 0. The van der Waals surface area contributed by atoms with Crippen LogP contribution in [0, 0.1) is 0 Å². The number of hydrogen-bond donors (Lipinski definition) is 0. The zero-order valence-corrected chi connectivity index (χ0v) is 23.9. The number of aromatic nitrogens is 3. The first-order valence-electron chi connectivity index (χ1n) is 15.0. The first-order chi connectivity index (χ1) is 22.3. The maximum Gasteiger partial charge on any atom is 0.235 e. The van der Waals surface area contributed by atoms with E-state index in [2.05, 4.69) is 95.6 Å². The highest BCUT2D eigenvalue weighted by atomic mass is 16.3. The van der Waals surface area contributed by atoms with Gasteiger partial charge in [0.1, 0.15) is 22.3 Å². The summed E-state index contributed by atoms with van der Waals surface area (Å²) in [4.78, 5) is 10.5. The first-order valence-corrected chi connectivity index (χ1v) is 15.0. The van der Waals surface area contributed by atoms with Crippen molar-refractivity contribution in [2.24, 2.45) is 0 Å². The third-order valence-electron chi connectivity index (χ3n) is 8.84. The van der Waals surface area contributed by atoms with Crippen LogP contribution in [0.3, 0.4) is 0 Å². The van der Waals surface area contributed by atoms with Gasteiger partial charge in [-0.05, 0) is 42.5 Å². The minimum Gasteiger partial charge on any atom is -0.456 e. The highest BCUT2D eigenvalue weighted by molar-refractivity contribution is 6.17. The summed E-state index contributed by atoms with van der Waals surface area (Å²) >= 11 is 0. The van der Waals surface area contributed by atoms with E-state index >= 15 is 0 Å². The molecule has 4 heterocycles. The van der Waals surface area contributed by atoms with Crippen molar-refractivity contribution in [2.75, 3.05) is 0 Å². The highest BCUT2D eigenvalue weighted by Gasteiger charge is 2.20. The molecule has 10 rings (SSSR count). The van der Waals surface area contributed by atoms with Crippen LogP contribution >= 0.6 is 0 Å². The van der Waals surface area contributed by atoms with E-state index in [1.54, 1.807) is 0 Å². The van der Waals surface area contributed by atoms with Crippen LogP contribution in [0.25, 0.3) is 94.1 Å². The Bertz CT molecular complexity index is 2770. The van der Waals surface area contributed by atoms with E-state index in [0.29, 0.717) is 5.95 Å². The van der Waals surface area contributed by atoms with Crippen molar-refractivity contribution in [3.63, 3.8) is 0 Å². The van der Waals surface area contributed by atoms with Crippen molar-refractivity contribution in [3.05, 3.63) is 140 Å². The lowest BCUT2D eigenvalue weighted by molar-refractivity contribution is 0.669. The third-order valence-corrected chi connectivity index (χ3v) is 8.84. The Morgan fingerprint density at radius 3 is 1.93 bits per heavy atom. The molecule has 0 aliphatic carbocycles.